The number of nitrogens with zero attached hydrogens (tertiary/aromatic N) is 2. The smallest absolute Gasteiger partial charge is 0.253 e. The highest BCUT2D eigenvalue weighted by atomic mass is 16.1. The molecule has 0 saturated heterocycles. The number of aromatic nitrogens is 2. The number of hydrogen-bond acceptors (Lipinski definition) is 3. The molecule has 0 radical (unpaired) electrons. The number of amides is 1. The summed E-state index contributed by atoms with van der Waals surface area (Å²) in [6.45, 7) is 2.47. The fourth-order valence-corrected chi connectivity index (χ4v) is 2.41. The van der Waals surface area contributed by atoms with Gasteiger partial charge in [-0.25, -0.2) is 0 Å². The van der Waals surface area contributed by atoms with Crippen LogP contribution >= 0.6 is 0 Å². The average Bonchev–Trinajstić information content (AvgIpc) is 2.63. The average molecular weight is 303 g/mol. The maximum absolute atomic E-state index is 12.5. The predicted octanol–water partition coefficient (Wildman–Crippen LogP) is 3.56. The van der Waals surface area contributed by atoms with E-state index in [1.165, 1.54) is 0 Å². The van der Waals surface area contributed by atoms with Crippen molar-refractivity contribution in [2.24, 2.45) is 0 Å². The van der Waals surface area contributed by atoms with Crippen LogP contribution in [0.4, 0.5) is 0 Å². The second-order valence-corrected chi connectivity index (χ2v) is 5.09. The number of nitrogens with one attached hydrogen (secondary N) is 1. The first-order chi connectivity index (χ1) is 11.3. The summed E-state index contributed by atoms with van der Waals surface area (Å²) in [5, 5.41) is 2.86. The van der Waals surface area contributed by atoms with Gasteiger partial charge >= 0.3 is 0 Å². The van der Waals surface area contributed by atoms with Crippen LogP contribution in [0.5, 0.6) is 0 Å². The molecule has 0 bridgehead atoms. The Labute approximate surface area is 135 Å². The number of rotatable bonds is 4. The summed E-state index contributed by atoms with van der Waals surface area (Å²) in [5.41, 5.74) is 3.99. The Morgan fingerprint density at radius 2 is 1.78 bits per heavy atom. The lowest BCUT2D eigenvalue weighted by molar-refractivity contribution is 0.0956. The van der Waals surface area contributed by atoms with Crippen molar-refractivity contribution in [1.82, 2.24) is 15.3 Å². The van der Waals surface area contributed by atoms with E-state index in [-0.39, 0.29) is 5.91 Å². The minimum Gasteiger partial charge on any atom is -0.352 e. The third-order valence-electron chi connectivity index (χ3n) is 3.51. The highest BCUT2D eigenvalue weighted by Gasteiger charge is 2.15. The van der Waals surface area contributed by atoms with Crippen LogP contribution in [0.25, 0.3) is 22.4 Å². The molecule has 0 aliphatic rings. The van der Waals surface area contributed by atoms with Crippen LogP contribution in [0, 0.1) is 0 Å². The van der Waals surface area contributed by atoms with Gasteiger partial charge in [-0.1, -0.05) is 36.4 Å². The highest BCUT2D eigenvalue weighted by Crippen LogP contribution is 2.26. The first-order valence-electron chi connectivity index (χ1n) is 7.53. The number of benzene rings is 1. The van der Waals surface area contributed by atoms with Crippen LogP contribution < -0.4 is 5.32 Å². The number of pyridine rings is 2. The second kappa shape index (κ2) is 6.83. The molecule has 2 heterocycles. The third kappa shape index (κ3) is 3.26. The fourth-order valence-electron chi connectivity index (χ4n) is 2.41. The van der Waals surface area contributed by atoms with E-state index in [1.54, 1.807) is 18.6 Å². The molecule has 3 aromatic rings. The normalized spacial score (nSPS) is 10.3. The molecule has 0 aliphatic heterocycles. The zero-order valence-electron chi connectivity index (χ0n) is 12.9. The van der Waals surface area contributed by atoms with E-state index in [0.29, 0.717) is 17.8 Å². The Balaban J connectivity index is 2.12. The Hall–Kier alpha value is -3.01. The van der Waals surface area contributed by atoms with Crippen LogP contribution in [0.15, 0.2) is 67.1 Å². The van der Waals surface area contributed by atoms with E-state index >= 15 is 0 Å². The largest absolute Gasteiger partial charge is 0.352 e. The Kier molecular flexibility index (Phi) is 4.43. The molecule has 23 heavy (non-hydrogen) atoms. The van der Waals surface area contributed by atoms with E-state index in [9.17, 15) is 4.79 Å². The quantitative estimate of drug-likeness (QED) is 0.801. The molecule has 0 fully saturated rings. The zero-order chi connectivity index (χ0) is 16.1. The van der Waals surface area contributed by atoms with Gasteiger partial charge in [0.05, 0.1) is 11.3 Å². The molecule has 4 heteroatoms. The van der Waals surface area contributed by atoms with Crippen LogP contribution in [0.1, 0.15) is 17.3 Å². The molecule has 4 nitrogen and oxygen atoms in total. The minimum absolute atomic E-state index is 0.121. The summed E-state index contributed by atoms with van der Waals surface area (Å²) in [6.07, 6.45) is 5.27. The van der Waals surface area contributed by atoms with Gasteiger partial charge in [0.25, 0.3) is 5.91 Å². The van der Waals surface area contributed by atoms with Gasteiger partial charge in [0.1, 0.15) is 0 Å². The van der Waals surface area contributed by atoms with E-state index in [4.69, 9.17) is 0 Å². The summed E-state index contributed by atoms with van der Waals surface area (Å²) in [7, 11) is 0. The van der Waals surface area contributed by atoms with E-state index in [1.807, 2.05) is 55.5 Å². The van der Waals surface area contributed by atoms with Crippen molar-refractivity contribution in [2.75, 3.05) is 6.54 Å². The zero-order valence-corrected chi connectivity index (χ0v) is 12.9. The molecular formula is C19H17N3O. The van der Waals surface area contributed by atoms with Crippen LogP contribution in [-0.2, 0) is 0 Å². The molecule has 1 amide bonds. The molecule has 0 atom stereocenters. The van der Waals surface area contributed by atoms with Gasteiger partial charge in [-0.15, -0.1) is 0 Å². The van der Waals surface area contributed by atoms with Gasteiger partial charge in [-0.3, -0.25) is 14.8 Å². The Bertz CT molecular complexity index is 801. The maximum atomic E-state index is 12.5. The molecule has 2 aromatic heterocycles. The topological polar surface area (TPSA) is 54.9 Å². The van der Waals surface area contributed by atoms with Crippen molar-refractivity contribution >= 4 is 5.91 Å². The SMILES string of the molecule is CCNC(=O)c1cc(-c2cccnc2)cnc1-c1ccccc1. The second-order valence-electron chi connectivity index (χ2n) is 5.09. The fraction of sp³-hybridized carbons (Fsp3) is 0.105. The summed E-state index contributed by atoms with van der Waals surface area (Å²) in [5.74, 6) is -0.121. The number of hydrogen-bond donors (Lipinski definition) is 1. The third-order valence-corrected chi connectivity index (χ3v) is 3.51. The van der Waals surface area contributed by atoms with Gasteiger partial charge in [-0.05, 0) is 19.1 Å². The number of carbonyl (C=O) groups excluding carboxylic acids is 1. The lowest BCUT2D eigenvalue weighted by atomic mass is 10.0. The van der Waals surface area contributed by atoms with Crippen LogP contribution in [0.2, 0.25) is 0 Å². The van der Waals surface area contributed by atoms with Crippen molar-refractivity contribution in [3.8, 4) is 22.4 Å². The molecule has 3 rings (SSSR count). The standard InChI is InChI=1S/C19H17N3O/c1-2-21-19(23)17-11-16(15-9-6-10-20-12-15)13-22-18(17)14-7-4-3-5-8-14/h3-13H,2H2,1H3,(H,21,23). The van der Waals surface area contributed by atoms with Gasteiger partial charge in [0.2, 0.25) is 0 Å². The molecule has 1 aromatic carbocycles. The monoisotopic (exact) mass is 303 g/mol. The van der Waals surface area contributed by atoms with Gasteiger partial charge in [0.15, 0.2) is 0 Å². The summed E-state index contributed by atoms with van der Waals surface area (Å²) < 4.78 is 0. The van der Waals surface area contributed by atoms with Crippen molar-refractivity contribution in [1.29, 1.82) is 0 Å². The van der Waals surface area contributed by atoms with Crippen LogP contribution in [-0.4, -0.2) is 22.4 Å². The van der Waals surface area contributed by atoms with Crippen molar-refractivity contribution in [3.05, 3.63) is 72.7 Å². The predicted molar refractivity (Wildman–Crippen MR) is 90.9 cm³/mol. The summed E-state index contributed by atoms with van der Waals surface area (Å²) in [6, 6.07) is 15.4. The van der Waals surface area contributed by atoms with Crippen molar-refractivity contribution < 1.29 is 4.79 Å². The molecule has 0 saturated carbocycles. The maximum Gasteiger partial charge on any atom is 0.253 e. The van der Waals surface area contributed by atoms with E-state index in [2.05, 4.69) is 15.3 Å². The Morgan fingerprint density at radius 3 is 2.48 bits per heavy atom. The molecule has 0 spiro atoms. The molecule has 1 N–H and O–H groups in total. The lowest BCUT2D eigenvalue weighted by Gasteiger charge is -2.11. The molecule has 0 unspecified atom stereocenters. The van der Waals surface area contributed by atoms with Gasteiger partial charge in [-0.2, -0.15) is 0 Å². The molecular weight excluding hydrogens is 286 g/mol. The lowest BCUT2D eigenvalue weighted by Crippen LogP contribution is -2.23. The highest BCUT2D eigenvalue weighted by molar-refractivity contribution is 6.01. The van der Waals surface area contributed by atoms with Gasteiger partial charge < -0.3 is 5.32 Å². The van der Waals surface area contributed by atoms with Gasteiger partial charge in [0, 0.05) is 41.8 Å². The molecule has 0 aliphatic carbocycles. The minimum atomic E-state index is -0.121. The summed E-state index contributed by atoms with van der Waals surface area (Å²) in [4.78, 5) is 21.1. The summed E-state index contributed by atoms with van der Waals surface area (Å²) >= 11 is 0. The number of carbonyl (C=O) groups is 1. The first-order valence-corrected chi connectivity index (χ1v) is 7.53. The van der Waals surface area contributed by atoms with Crippen molar-refractivity contribution in [3.63, 3.8) is 0 Å². The molecule has 114 valence electrons. The van der Waals surface area contributed by atoms with E-state index < -0.39 is 0 Å². The van der Waals surface area contributed by atoms with Crippen LogP contribution in [0.3, 0.4) is 0 Å². The van der Waals surface area contributed by atoms with E-state index in [0.717, 1.165) is 16.7 Å². The van der Waals surface area contributed by atoms with Crippen molar-refractivity contribution in [2.45, 2.75) is 6.92 Å². The Morgan fingerprint density at radius 1 is 1.00 bits per heavy atom. The first kappa shape index (κ1) is 14.9.